The summed E-state index contributed by atoms with van der Waals surface area (Å²) in [5.41, 5.74) is 2.28. The fraction of sp³-hybridized carbons (Fsp3) is 0.467. The average molecular weight is 615 g/mol. The number of nitrogens with one attached hydrogen (secondary N) is 1. The first-order chi connectivity index (χ1) is 20.3. The molecule has 1 unspecified atom stereocenters. The molecule has 3 saturated heterocycles. The molecule has 3 fully saturated rings. The lowest BCUT2D eigenvalue weighted by Gasteiger charge is -2.38. The van der Waals surface area contributed by atoms with Crippen molar-refractivity contribution >= 4 is 52.5 Å². The van der Waals surface area contributed by atoms with Crippen molar-refractivity contribution in [2.24, 2.45) is 0 Å². The van der Waals surface area contributed by atoms with E-state index in [-0.39, 0.29) is 36.7 Å². The Hall–Kier alpha value is -3.34. The van der Waals surface area contributed by atoms with Gasteiger partial charge in [-0.25, -0.2) is 0 Å². The standard InChI is InChI=1S/C30H33Cl2N5O5/c31-22-7-6-19(17-23(22)32)34-11-13-36(14-12-34)30(41)25-4-2-10-35(25)15-16-42-26-5-1-3-20-21(26)18-37(29(20)40)24-8-9-27(38)33-28(24)39/h1,3,5-7,17,24-25H,2,4,8-16,18H2,(H,33,38,39)/t24?,25-/m1/s1. The highest BCUT2D eigenvalue weighted by Gasteiger charge is 2.40. The summed E-state index contributed by atoms with van der Waals surface area (Å²) >= 11 is 12.3. The Balaban J connectivity index is 1.03. The van der Waals surface area contributed by atoms with E-state index in [0.717, 1.165) is 43.7 Å². The quantitative estimate of drug-likeness (QED) is 0.479. The van der Waals surface area contributed by atoms with Gasteiger partial charge in [0.2, 0.25) is 17.7 Å². The van der Waals surface area contributed by atoms with Crippen molar-refractivity contribution in [2.45, 2.75) is 44.3 Å². The number of imide groups is 1. The van der Waals surface area contributed by atoms with E-state index in [2.05, 4.69) is 15.1 Å². The van der Waals surface area contributed by atoms with Crippen molar-refractivity contribution in [3.8, 4) is 5.75 Å². The highest BCUT2D eigenvalue weighted by molar-refractivity contribution is 6.42. The smallest absolute Gasteiger partial charge is 0.255 e. The largest absolute Gasteiger partial charge is 0.492 e. The van der Waals surface area contributed by atoms with Gasteiger partial charge in [-0.15, -0.1) is 0 Å². The molecule has 2 aromatic rings. The number of carbonyl (C=O) groups excluding carboxylic acids is 4. The van der Waals surface area contributed by atoms with Gasteiger partial charge in [0.25, 0.3) is 5.91 Å². The Labute approximate surface area is 254 Å². The topological polar surface area (TPSA) is 102 Å². The molecule has 4 aliphatic rings. The van der Waals surface area contributed by atoms with Gasteiger partial charge in [0.1, 0.15) is 18.4 Å². The fourth-order valence-electron chi connectivity index (χ4n) is 6.42. The second kappa shape index (κ2) is 12.1. The van der Waals surface area contributed by atoms with Gasteiger partial charge < -0.3 is 19.4 Å². The first-order valence-corrected chi connectivity index (χ1v) is 15.2. The van der Waals surface area contributed by atoms with E-state index in [1.54, 1.807) is 18.2 Å². The third-order valence-corrected chi connectivity index (χ3v) is 9.42. The molecular weight excluding hydrogens is 581 g/mol. The number of piperidine rings is 1. The highest BCUT2D eigenvalue weighted by atomic mass is 35.5. The summed E-state index contributed by atoms with van der Waals surface area (Å²) in [4.78, 5) is 58.4. The number of nitrogens with zero attached hydrogens (tertiary/aromatic N) is 4. The molecule has 6 rings (SSSR count). The van der Waals surface area contributed by atoms with E-state index in [9.17, 15) is 19.2 Å². The zero-order chi connectivity index (χ0) is 29.4. The van der Waals surface area contributed by atoms with E-state index in [1.807, 2.05) is 23.1 Å². The molecule has 0 aliphatic carbocycles. The number of anilines is 1. The Morgan fingerprint density at radius 3 is 2.55 bits per heavy atom. The Kier molecular flexibility index (Phi) is 8.29. The van der Waals surface area contributed by atoms with Crippen LogP contribution in [0.4, 0.5) is 5.69 Å². The Morgan fingerprint density at radius 1 is 0.976 bits per heavy atom. The molecule has 12 heteroatoms. The van der Waals surface area contributed by atoms with Crippen molar-refractivity contribution in [3.63, 3.8) is 0 Å². The van der Waals surface area contributed by atoms with Crippen LogP contribution in [0.5, 0.6) is 5.75 Å². The zero-order valence-electron chi connectivity index (χ0n) is 23.2. The van der Waals surface area contributed by atoms with Crippen LogP contribution in [0.1, 0.15) is 41.6 Å². The first-order valence-electron chi connectivity index (χ1n) is 14.4. The number of hydrogen-bond acceptors (Lipinski definition) is 7. The van der Waals surface area contributed by atoms with Crippen molar-refractivity contribution in [1.29, 1.82) is 0 Å². The minimum Gasteiger partial charge on any atom is -0.492 e. The van der Waals surface area contributed by atoms with Crippen molar-refractivity contribution in [3.05, 3.63) is 57.6 Å². The molecular formula is C30H33Cl2N5O5. The average Bonchev–Trinajstić information content (AvgIpc) is 3.59. The van der Waals surface area contributed by atoms with E-state index < -0.39 is 11.9 Å². The third-order valence-electron chi connectivity index (χ3n) is 8.68. The molecule has 1 N–H and O–H groups in total. The van der Waals surface area contributed by atoms with Gasteiger partial charge in [0.05, 0.1) is 22.6 Å². The lowest BCUT2D eigenvalue weighted by Crippen LogP contribution is -2.54. The molecule has 0 saturated carbocycles. The Morgan fingerprint density at radius 2 is 1.79 bits per heavy atom. The van der Waals surface area contributed by atoms with E-state index in [1.165, 1.54) is 4.90 Å². The lowest BCUT2D eigenvalue weighted by molar-refractivity contribution is -0.137. The zero-order valence-corrected chi connectivity index (χ0v) is 24.7. The molecule has 2 aromatic carbocycles. The van der Waals surface area contributed by atoms with E-state index in [0.29, 0.717) is 54.0 Å². The normalized spacial score (nSPS) is 22.9. The molecule has 0 spiro atoms. The molecule has 0 bridgehead atoms. The fourth-order valence-corrected chi connectivity index (χ4v) is 6.71. The van der Waals surface area contributed by atoms with Crippen LogP contribution in [0.3, 0.4) is 0 Å². The highest BCUT2D eigenvalue weighted by Crippen LogP contribution is 2.34. The molecule has 4 amide bonds. The predicted molar refractivity (Wildman–Crippen MR) is 158 cm³/mol. The van der Waals surface area contributed by atoms with Crippen LogP contribution in [0.15, 0.2) is 36.4 Å². The molecule has 0 radical (unpaired) electrons. The molecule has 222 valence electrons. The first kappa shape index (κ1) is 28.8. The summed E-state index contributed by atoms with van der Waals surface area (Å²) in [6.07, 6.45) is 2.30. The van der Waals surface area contributed by atoms with Gasteiger partial charge in [-0.3, -0.25) is 29.4 Å². The van der Waals surface area contributed by atoms with Crippen molar-refractivity contribution < 1.29 is 23.9 Å². The number of hydrogen-bond donors (Lipinski definition) is 1. The summed E-state index contributed by atoms with van der Waals surface area (Å²) in [5.74, 6) is -0.206. The maximum Gasteiger partial charge on any atom is 0.255 e. The van der Waals surface area contributed by atoms with Crippen LogP contribution < -0.4 is 15.0 Å². The summed E-state index contributed by atoms with van der Waals surface area (Å²) in [6.45, 7) is 4.81. The van der Waals surface area contributed by atoms with Gasteiger partial charge in [0.15, 0.2) is 0 Å². The maximum atomic E-state index is 13.5. The number of benzene rings is 2. The molecule has 4 aliphatic heterocycles. The van der Waals surface area contributed by atoms with Gasteiger partial charge >= 0.3 is 0 Å². The molecule has 10 nitrogen and oxygen atoms in total. The summed E-state index contributed by atoms with van der Waals surface area (Å²) < 4.78 is 6.17. The van der Waals surface area contributed by atoms with E-state index >= 15 is 0 Å². The summed E-state index contributed by atoms with van der Waals surface area (Å²) in [7, 11) is 0. The van der Waals surface area contributed by atoms with Crippen molar-refractivity contribution in [2.75, 3.05) is 50.8 Å². The van der Waals surface area contributed by atoms with Gasteiger partial charge in [-0.2, -0.15) is 0 Å². The molecule has 4 heterocycles. The SMILES string of the molecule is O=C1CCC(N2Cc3c(OCCN4CCC[C@@H]4C(=O)N4CCN(c5ccc(Cl)c(Cl)c5)CC4)cccc3C2=O)C(=O)N1. The van der Waals surface area contributed by atoms with Gasteiger partial charge in [0, 0.05) is 56.0 Å². The van der Waals surface area contributed by atoms with Crippen LogP contribution in [-0.4, -0.2) is 96.3 Å². The van der Waals surface area contributed by atoms with Gasteiger partial charge in [-0.05, 0) is 56.1 Å². The van der Waals surface area contributed by atoms with Crippen LogP contribution in [0.2, 0.25) is 10.0 Å². The minimum atomic E-state index is -0.669. The predicted octanol–water partition coefficient (Wildman–Crippen LogP) is 2.95. The summed E-state index contributed by atoms with van der Waals surface area (Å²) in [6, 6.07) is 10.1. The Bertz CT molecular complexity index is 1410. The third kappa shape index (κ3) is 5.67. The maximum absolute atomic E-state index is 13.5. The van der Waals surface area contributed by atoms with Crippen LogP contribution in [0.25, 0.3) is 0 Å². The number of fused-ring (bicyclic) bond motifs is 1. The number of rotatable bonds is 7. The summed E-state index contributed by atoms with van der Waals surface area (Å²) in [5, 5.41) is 3.38. The number of piperazine rings is 1. The monoisotopic (exact) mass is 613 g/mol. The van der Waals surface area contributed by atoms with Crippen LogP contribution >= 0.6 is 23.2 Å². The molecule has 42 heavy (non-hydrogen) atoms. The number of ether oxygens (including phenoxy) is 1. The van der Waals surface area contributed by atoms with Crippen molar-refractivity contribution in [1.82, 2.24) is 20.0 Å². The van der Waals surface area contributed by atoms with Gasteiger partial charge in [-0.1, -0.05) is 29.3 Å². The number of amides is 4. The number of halogens is 2. The second-order valence-corrected chi connectivity index (χ2v) is 11.9. The van der Waals surface area contributed by atoms with Crippen LogP contribution in [0, 0.1) is 0 Å². The number of likely N-dealkylation sites (tertiary alicyclic amines) is 1. The minimum absolute atomic E-state index is 0.160. The second-order valence-electron chi connectivity index (χ2n) is 11.1. The molecule has 2 atom stereocenters. The van der Waals surface area contributed by atoms with E-state index in [4.69, 9.17) is 27.9 Å². The lowest BCUT2D eigenvalue weighted by atomic mass is 10.0. The molecule has 0 aromatic heterocycles. The number of carbonyl (C=O) groups is 4. The van der Waals surface area contributed by atoms with Crippen LogP contribution in [-0.2, 0) is 20.9 Å².